The first kappa shape index (κ1) is 28.1. The zero-order valence-corrected chi connectivity index (χ0v) is 25.3. The molecule has 2 saturated carbocycles. The number of rotatable bonds is 7. The monoisotopic (exact) mass is 584 g/mol. The molecule has 43 heavy (non-hydrogen) atoms. The number of hydrogen-bond donors (Lipinski definition) is 0. The molecule has 1 saturated heterocycles. The number of nitrogens with zero attached hydrogens (tertiary/aromatic N) is 4. The molecule has 0 atom stereocenters. The van der Waals surface area contributed by atoms with E-state index in [0.29, 0.717) is 24.0 Å². The number of halogens is 1. The van der Waals surface area contributed by atoms with Crippen LogP contribution in [-0.4, -0.2) is 50.7 Å². The molecule has 0 unspecified atom stereocenters. The van der Waals surface area contributed by atoms with Crippen LogP contribution in [0.5, 0.6) is 0 Å². The summed E-state index contributed by atoms with van der Waals surface area (Å²) < 4.78 is 24.5. The summed E-state index contributed by atoms with van der Waals surface area (Å²) in [5.74, 6) is 0.734. The average Bonchev–Trinajstić information content (AvgIpc) is 3.70. The van der Waals surface area contributed by atoms with E-state index in [9.17, 15) is 9.59 Å². The Hall–Kier alpha value is -3.68. The van der Waals surface area contributed by atoms with E-state index in [1.54, 1.807) is 35.8 Å². The number of aromatic nitrogens is 3. The second-order valence-electron chi connectivity index (χ2n) is 12.9. The smallest absolute Gasteiger partial charge is 0.339 e. The van der Waals surface area contributed by atoms with Crippen LogP contribution in [0.1, 0.15) is 92.1 Å². The summed E-state index contributed by atoms with van der Waals surface area (Å²) in [7, 11) is 0. The van der Waals surface area contributed by atoms with Crippen LogP contribution in [0.25, 0.3) is 27.8 Å². The van der Waals surface area contributed by atoms with Crippen molar-refractivity contribution in [3.05, 3.63) is 59.0 Å². The van der Waals surface area contributed by atoms with E-state index in [0.717, 1.165) is 97.1 Å². The van der Waals surface area contributed by atoms with E-state index >= 15 is 4.39 Å². The first-order valence-electron chi connectivity index (χ1n) is 16.2. The van der Waals surface area contributed by atoms with Crippen molar-refractivity contribution in [1.82, 2.24) is 19.1 Å². The molecule has 2 aliphatic carbocycles. The van der Waals surface area contributed by atoms with Crippen molar-refractivity contribution >= 4 is 28.3 Å². The van der Waals surface area contributed by atoms with Gasteiger partial charge in [0, 0.05) is 42.7 Å². The minimum absolute atomic E-state index is 0.187. The standard InChI is InChI=1S/C35H41FN4O3/c1-3-43-35(42)26-11-12-30-22(2)32(37-40(30)21-26)31-18-27-17-28(36)19-29(33(27)39(31)20-23-9-10-23)24-13-15-38(16-14-24)34(41)25-7-5-4-6-8-25/h11-12,17-19,21,23-25H,3-10,13-16,20H2,1-2H3. The normalized spacial score (nSPS) is 18.5. The summed E-state index contributed by atoms with van der Waals surface area (Å²) in [6.45, 7) is 6.52. The van der Waals surface area contributed by atoms with Crippen LogP contribution >= 0.6 is 0 Å². The lowest BCUT2D eigenvalue weighted by Crippen LogP contribution is -2.41. The molecular formula is C35H41FN4O3. The number of ether oxygens (including phenoxy) is 1. The van der Waals surface area contributed by atoms with Gasteiger partial charge in [0.15, 0.2) is 0 Å². The van der Waals surface area contributed by atoms with Gasteiger partial charge in [0.05, 0.1) is 28.9 Å². The number of esters is 1. The van der Waals surface area contributed by atoms with Gasteiger partial charge in [-0.15, -0.1) is 0 Å². The number of piperidine rings is 1. The maximum absolute atomic E-state index is 15.2. The minimum Gasteiger partial charge on any atom is -0.462 e. The maximum atomic E-state index is 15.2. The van der Waals surface area contributed by atoms with Gasteiger partial charge in [-0.2, -0.15) is 5.10 Å². The third-order valence-electron chi connectivity index (χ3n) is 9.96. The van der Waals surface area contributed by atoms with Crippen LogP contribution < -0.4 is 0 Å². The maximum Gasteiger partial charge on any atom is 0.339 e. The van der Waals surface area contributed by atoms with Gasteiger partial charge in [0.1, 0.15) is 11.5 Å². The van der Waals surface area contributed by atoms with Gasteiger partial charge < -0.3 is 14.2 Å². The number of pyridine rings is 1. The van der Waals surface area contributed by atoms with Gasteiger partial charge in [0.25, 0.3) is 0 Å². The van der Waals surface area contributed by atoms with Gasteiger partial charge in [-0.05, 0) is 100 Å². The Morgan fingerprint density at radius 2 is 1.77 bits per heavy atom. The molecule has 3 aliphatic rings. The molecule has 1 amide bonds. The molecule has 4 aromatic rings. The summed E-state index contributed by atoms with van der Waals surface area (Å²) in [5.41, 5.74) is 6.38. The molecule has 0 N–H and O–H groups in total. The molecule has 7 nitrogen and oxygen atoms in total. The Labute approximate surface area is 252 Å². The third-order valence-corrected chi connectivity index (χ3v) is 9.96. The SMILES string of the molecule is CCOC(=O)c1ccc2c(C)c(-c3cc4cc(F)cc(C5CCN(C(=O)C6CCCCC6)CC5)c4n3CC3CC3)nn2c1. The highest BCUT2D eigenvalue weighted by molar-refractivity contribution is 5.92. The van der Waals surface area contributed by atoms with Crippen LogP contribution in [0.3, 0.4) is 0 Å². The predicted molar refractivity (Wildman–Crippen MR) is 165 cm³/mol. The summed E-state index contributed by atoms with van der Waals surface area (Å²) >= 11 is 0. The van der Waals surface area contributed by atoms with E-state index < -0.39 is 0 Å². The molecule has 3 fully saturated rings. The molecule has 3 aromatic heterocycles. The summed E-state index contributed by atoms with van der Waals surface area (Å²) in [5, 5.41) is 5.86. The van der Waals surface area contributed by atoms with E-state index in [1.165, 1.54) is 19.3 Å². The predicted octanol–water partition coefficient (Wildman–Crippen LogP) is 7.28. The van der Waals surface area contributed by atoms with Crippen LogP contribution in [0.4, 0.5) is 4.39 Å². The fourth-order valence-electron chi connectivity index (χ4n) is 7.44. The van der Waals surface area contributed by atoms with Crippen LogP contribution in [0.2, 0.25) is 0 Å². The van der Waals surface area contributed by atoms with Crippen molar-refractivity contribution < 1.29 is 18.7 Å². The molecule has 8 heteroatoms. The molecule has 1 aliphatic heterocycles. The summed E-state index contributed by atoms with van der Waals surface area (Å²) in [6, 6.07) is 9.18. The van der Waals surface area contributed by atoms with Crippen LogP contribution in [0.15, 0.2) is 36.5 Å². The van der Waals surface area contributed by atoms with Crippen LogP contribution in [-0.2, 0) is 16.1 Å². The van der Waals surface area contributed by atoms with Gasteiger partial charge >= 0.3 is 5.97 Å². The fourth-order valence-corrected chi connectivity index (χ4v) is 7.44. The first-order valence-corrected chi connectivity index (χ1v) is 16.2. The van der Waals surface area contributed by atoms with Gasteiger partial charge in [-0.1, -0.05) is 19.3 Å². The minimum atomic E-state index is -0.367. The lowest BCUT2D eigenvalue weighted by Gasteiger charge is -2.35. The number of likely N-dealkylation sites (tertiary alicyclic amines) is 1. The van der Waals surface area contributed by atoms with Gasteiger partial charge in [-0.25, -0.2) is 13.7 Å². The Bertz CT molecular complexity index is 1690. The fraction of sp³-hybridized carbons (Fsp3) is 0.514. The van der Waals surface area contributed by atoms with E-state index in [-0.39, 0.29) is 23.6 Å². The summed E-state index contributed by atoms with van der Waals surface area (Å²) in [4.78, 5) is 27.7. The lowest BCUT2D eigenvalue weighted by atomic mass is 9.85. The topological polar surface area (TPSA) is 68.8 Å². The van der Waals surface area contributed by atoms with Gasteiger partial charge in [0.2, 0.25) is 5.91 Å². The number of carbonyl (C=O) groups is 2. The van der Waals surface area contributed by atoms with Crippen LogP contribution in [0, 0.1) is 24.6 Å². The summed E-state index contributed by atoms with van der Waals surface area (Å²) in [6.07, 6.45) is 11.4. The largest absolute Gasteiger partial charge is 0.462 e. The quantitative estimate of drug-likeness (QED) is 0.214. The molecule has 1 aromatic carbocycles. The van der Waals surface area contributed by atoms with Crippen molar-refractivity contribution in [1.29, 1.82) is 0 Å². The van der Waals surface area contributed by atoms with Gasteiger partial charge in [-0.3, -0.25) is 4.79 Å². The van der Waals surface area contributed by atoms with Crippen molar-refractivity contribution in [2.24, 2.45) is 11.8 Å². The molecular weight excluding hydrogens is 543 g/mol. The highest BCUT2D eigenvalue weighted by Crippen LogP contribution is 2.42. The Morgan fingerprint density at radius 1 is 1.00 bits per heavy atom. The lowest BCUT2D eigenvalue weighted by molar-refractivity contribution is -0.137. The average molecular weight is 585 g/mol. The second kappa shape index (κ2) is 11.4. The number of amides is 1. The van der Waals surface area contributed by atoms with Crippen molar-refractivity contribution in [3.8, 4) is 11.4 Å². The highest BCUT2D eigenvalue weighted by Gasteiger charge is 2.32. The highest BCUT2D eigenvalue weighted by atomic mass is 19.1. The second-order valence-corrected chi connectivity index (χ2v) is 12.9. The van der Waals surface area contributed by atoms with E-state index in [1.807, 2.05) is 6.07 Å². The Morgan fingerprint density at radius 3 is 2.49 bits per heavy atom. The molecule has 0 radical (unpaired) electrons. The van der Waals surface area contributed by atoms with Crippen molar-refractivity contribution in [3.63, 3.8) is 0 Å². The third kappa shape index (κ3) is 5.34. The zero-order chi connectivity index (χ0) is 29.7. The molecule has 0 bridgehead atoms. The molecule has 4 heterocycles. The molecule has 226 valence electrons. The number of carbonyl (C=O) groups excluding carboxylic acids is 2. The zero-order valence-electron chi connectivity index (χ0n) is 25.3. The Balaban J connectivity index is 1.25. The molecule has 7 rings (SSSR count). The van der Waals surface area contributed by atoms with Crippen molar-refractivity contribution in [2.45, 2.75) is 84.1 Å². The number of fused-ring (bicyclic) bond motifs is 2. The number of benzene rings is 1. The Kier molecular flexibility index (Phi) is 7.48. The van der Waals surface area contributed by atoms with E-state index in [2.05, 4.69) is 22.5 Å². The molecule has 0 spiro atoms. The van der Waals surface area contributed by atoms with E-state index in [4.69, 9.17) is 9.84 Å². The number of hydrogen-bond acceptors (Lipinski definition) is 4. The first-order chi connectivity index (χ1) is 20.9. The van der Waals surface area contributed by atoms with Crippen molar-refractivity contribution in [2.75, 3.05) is 19.7 Å². The number of aryl methyl sites for hydroxylation is 1.